The predicted octanol–water partition coefficient (Wildman–Crippen LogP) is 5.08. The molecule has 222 valence electrons. The number of piperidine rings is 1. The Morgan fingerprint density at radius 3 is 2.46 bits per heavy atom. The van der Waals surface area contributed by atoms with Gasteiger partial charge < -0.3 is 24.5 Å². The van der Waals surface area contributed by atoms with Gasteiger partial charge in [0.15, 0.2) is 12.1 Å². The molecule has 0 spiro atoms. The fourth-order valence-electron chi connectivity index (χ4n) is 6.68. The van der Waals surface area contributed by atoms with Gasteiger partial charge in [0.25, 0.3) is 6.09 Å². The van der Waals surface area contributed by atoms with Crippen molar-refractivity contribution in [2.45, 2.75) is 78.0 Å². The van der Waals surface area contributed by atoms with Gasteiger partial charge in [-0.15, -0.1) is 0 Å². The molecule has 2 fully saturated rings. The number of nitrogens with zero attached hydrogens (tertiary/aromatic N) is 1. The standard InChI is InChI=1S/C32H40FNO7/c1-6-32(29(36)37)19-34(30(38)39,31(3,4)5)18-24(27(32)23-13-10-14-25(33)20(23)2)28(35)21-11-9-12-22(17-21)41-26-15-7-8-16-40-26/h9-14,17,24,26-27H,6-8,15-16,18-19H2,1-5H3,(H-,36,37,38,39)/t24-,26?,27+,32-,34-/m0/s1. The topological polar surface area (TPSA) is 113 Å². The number of ether oxygens (including phenoxy) is 2. The first-order chi connectivity index (χ1) is 19.3. The molecule has 4 rings (SSSR count). The summed E-state index contributed by atoms with van der Waals surface area (Å²) >= 11 is 0. The summed E-state index contributed by atoms with van der Waals surface area (Å²) in [5.41, 5.74) is -1.82. The quantitative estimate of drug-likeness (QED) is 0.366. The number of carboxylic acid groups (broad SMARTS) is 2. The van der Waals surface area contributed by atoms with Crippen molar-refractivity contribution in [2.24, 2.45) is 11.3 Å². The molecule has 2 aliphatic rings. The minimum atomic E-state index is -1.70. The zero-order valence-corrected chi connectivity index (χ0v) is 24.4. The van der Waals surface area contributed by atoms with E-state index in [0.717, 1.165) is 19.3 Å². The van der Waals surface area contributed by atoms with Crippen molar-refractivity contribution < 1.29 is 42.9 Å². The average molecular weight is 570 g/mol. The molecule has 5 atom stereocenters. The van der Waals surface area contributed by atoms with Crippen LogP contribution in [0.5, 0.6) is 5.75 Å². The molecule has 2 aromatic rings. The van der Waals surface area contributed by atoms with Gasteiger partial charge in [0, 0.05) is 17.9 Å². The number of halogens is 1. The van der Waals surface area contributed by atoms with Crippen LogP contribution in [0.4, 0.5) is 9.18 Å². The van der Waals surface area contributed by atoms with Crippen molar-refractivity contribution >= 4 is 17.8 Å². The number of aliphatic carboxylic acids is 1. The lowest BCUT2D eigenvalue weighted by molar-refractivity contribution is -0.932. The van der Waals surface area contributed by atoms with E-state index in [9.17, 15) is 29.0 Å². The van der Waals surface area contributed by atoms with Gasteiger partial charge in [-0.3, -0.25) is 14.1 Å². The Hall–Kier alpha value is -3.30. The summed E-state index contributed by atoms with van der Waals surface area (Å²) in [7, 11) is 0. The molecule has 1 unspecified atom stereocenters. The van der Waals surface area contributed by atoms with Crippen molar-refractivity contribution in [3.05, 3.63) is 65.0 Å². The highest BCUT2D eigenvalue weighted by Gasteiger charge is 2.64. The number of likely N-dealkylation sites (tertiary alicyclic amines) is 1. The highest BCUT2D eigenvalue weighted by molar-refractivity contribution is 5.99. The number of quaternary nitrogens is 1. The summed E-state index contributed by atoms with van der Waals surface area (Å²) in [6.07, 6.45) is 0.777. The van der Waals surface area contributed by atoms with E-state index in [4.69, 9.17) is 9.47 Å². The van der Waals surface area contributed by atoms with Crippen molar-refractivity contribution in [3.8, 4) is 5.75 Å². The van der Waals surface area contributed by atoms with Crippen LogP contribution in [0.15, 0.2) is 42.5 Å². The van der Waals surface area contributed by atoms with E-state index in [2.05, 4.69) is 0 Å². The first-order valence-corrected chi connectivity index (χ1v) is 14.3. The normalized spacial score (nSPS) is 28.6. The molecule has 0 bridgehead atoms. The third kappa shape index (κ3) is 5.49. The molecule has 0 saturated carbocycles. The predicted molar refractivity (Wildman–Crippen MR) is 148 cm³/mol. The van der Waals surface area contributed by atoms with Crippen molar-refractivity contribution in [1.82, 2.24) is 0 Å². The maximum absolute atomic E-state index is 14.9. The Balaban J connectivity index is 1.90. The molecular weight excluding hydrogens is 529 g/mol. The Morgan fingerprint density at radius 2 is 1.88 bits per heavy atom. The smallest absolute Gasteiger partial charge is 0.316 e. The number of carboxylic acids is 1. The van der Waals surface area contributed by atoms with Gasteiger partial charge in [-0.05, 0) is 76.3 Å². The van der Waals surface area contributed by atoms with E-state index in [-0.39, 0.29) is 30.6 Å². The zero-order valence-electron chi connectivity index (χ0n) is 24.4. The van der Waals surface area contributed by atoms with E-state index in [1.165, 1.54) is 12.1 Å². The van der Waals surface area contributed by atoms with Crippen LogP contribution in [0, 0.1) is 24.1 Å². The fraction of sp³-hybridized carbons (Fsp3) is 0.531. The maximum atomic E-state index is 14.9. The molecular formula is C32H40FNO7. The second kappa shape index (κ2) is 11.5. The van der Waals surface area contributed by atoms with Crippen LogP contribution in [-0.2, 0) is 9.53 Å². The molecule has 2 aliphatic heterocycles. The van der Waals surface area contributed by atoms with Gasteiger partial charge in [-0.1, -0.05) is 31.2 Å². The number of hydrogen-bond donors (Lipinski definition) is 1. The molecule has 0 aromatic heterocycles. The molecule has 0 radical (unpaired) electrons. The average Bonchev–Trinajstić information content (AvgIpc) is 2.93. The van der Waals surface area contributed by atoms with Crippen LogP contribution in [0.3, 0.4) is 0 Å². The number of amides is 1. The minimum absolute atomic E-state index is 0.0261. The molecule has 2 saturated heterocycles. The van der Waals surface area contributed by atoms with E-state index in [1.54, 1.807) is 65.0 Å². The summed E-state index contributed by atoms with van der Waals surface area (Å²) in [5.74, 6) is -3.86. The van der Waals surface area contributed by atoms with E-state index in [1.807, 2.05) is 0 Å². The lowest BCUT2D eigenvalue weighted by atomic mass is 9.58. The van der Waals surface area contributed by atoms with Crippen LogP contribution < -0.4 is 9.84 Å². The largest absolute Gasteiger partial charge is 0.498 e. The first-order valence-electron chi connectivity index (χ1n) is 14.3. The summed E-state index contributed by atoms with van der Waals surface area (Å²) in [4.78, 5) is 40.7. The van der Waals surface area contributed by atoms with Crippen LogP contribution >= 0.6 is 0 Å². The summed E-state index contributed by atoms with van der Waals surface area (Å²) in [5, 5.41) is 23.8. The molecule has 1 N–H and O–H groups in total. The van der Waals surface area contributed by atoms with E-state index in [0.29, 0.717) is 17.9 Å². The fourth-order valence-corrected chi connectivity index (χ4v) is 6.68. The molecule has 9 heteroatoms. The summed E-state index contributed by atoms with van der Waals surface area (Å²) in [6, 6.07) is 11.0. The van der Waals surface area contributed by atoms with Crippen molar-refractivity contribution in [2.75, 3.05) is 19.7 Å². The molecule has 0 aliphatic carbocycles. The molecule has 2 aromatic carbocycles. The number of rotatable bonds is 7. The lowest BCUT2D eigenvalue weighted by Crippen LogP contribution is -2.76. The van der Waals surface area contributed by atoms with Gasteiger partial charge in [0.2, 0.25) is 0 Å². The number of benzene rings is 2. The molecule has 8 nitrogen and oxygen atoms in total. The molecule has 41 heavy (non-hydrogen) atoms. The van der Waals surface area contributed by atoms with Crippen molar-refractivity contribution in [1.29, 1.82) is 0 Å². The third-order valence-electron chi connectivity index (χ3n) is 9.25. The Bertz CT molecular complexity index is 1320. The second-order valence-corrected chi connectivity index (χ2v) is 12.4. The van der Waals surface area contributed by atoms with Crippen molar-refractivity contribution in [3.63, 3.8) is 0 Å². The van der Waals surface area contributed by atoms with Crippen LogP contribution in [0.1, 0.15) is 80.8 Å². The first kappa shape index (κ1) is 30.7. The highest BCUT2D eigenvalue weighted by Crippen LogP contribution is 2.54. The summed E-state index contributed by atoms with van der Waals surface area (Å²) < 4.78 is 25.8. The Morgan fingerprint density at radius 1 is 1.17 bits per heavy atom. The number of carbonyl (C=O) groups is 3. The summed E-state index contributed by atoms with van der Waals surface area (Å²) in [6.45, 7) is 8.43. The number of Topliss-reactive ketones (excluding diaryl/α,β-unsaturated/α-hetero) is 1. The zero-order chi connectivity index (χ0) is 30.2. The third-order valence-corrected chi connectivity index (χ3v) is 9.25. The van der Waals surface area contributed by atoms with Gasteiger partial charge in [-0.2, -0.15) is 0 Å². The SMILES string of the molecule is CC[C@]1(C(=O)O)C[N@@+](C(=O)[O-])(C(C)(C)C)C[C@H](C(=O)c2cccc(OC3CCCCO3)c2)[C@H]1c1cccc(F)c1C. The van der Waals surface area contributed by atoms with Gasteiger partial charge in [0.1, 0.15) is 23.5 Å². The number of ketones is 1. The van der Waals surface area contributed by atoms with Gasteiger partial charge in [-0.25, -0.2) is 4.39 Å². The minimum Gasteiger partial charge on any atom is -0.498 e. The number of hydrogen-bond acceptors (Lipinski definition) is 6. The van der Waals surface area contributed by atoms with Crippen LogP contribution in [0.25, 0.3) is 0 Å². The van der Waals surface area contributed by atoms with Gasteiger partial charge in [0.05, 0.1) is 24.6 Å². The van der Waals surface area contributed by atoms with Gasteiger partial charge >= 0.3 is 5.97 Å². The second-order valence-electron chi connectivity index (χ2n) is 12.4. The van der Waals surface area contributed by atoms with E-state index < -0.39 is 57.2 Å². The van der Waals surface area contributed by atoms with Crippen LogP contribution in [-0.4, -0.2) is 59.0 Å². The molecule has 2 heterocycles. The Kier molecular flexibility index (Phi) is 8.62. The number of carbonyl (C=O) groups excluding carboxylic acids is 2. The maximum Gasteiger partial charge on any atom is 0.316 e. The van der Waals surface area contributed by atoms with Crippen LogP contribution in [0.2, 0.25) is 0 Å². The Labute approximate surface area is 240 Å². The highest BCUT2D eigenvalue weighted by atomic mass is 19.1. The van der Waals surface area contributed by atoms with E-state index >= 15 is 0 Å². The monoisotopic (exact) mass is 569 g/mol. The molecule has 1 amide bonds. The lowest BCUT2D eigenvalue weighted by Gasteiger charge is -2.58.